The Balaban J connectivity index is 1.72. The number of aliphatic hydroxyl groups is 1. The van der Waals surface area contributed by atoms with E-state index in [0.29, 0.717) is 34.2 Å². The van der Waals surface area contributed by atoms with E-state index in [1.165, 1.54) is 31.3 Å². The van der Waals surface area contributed by atoms with E-state index in [1.807, 2.05) is 0 Å². The number of halogens is 1. The molecule has 1 atom stereocenters. The second-order valence-corrected chi connectivity index (χ2v) is 7.83. The highest BCUT2D eigenvalue weighted by atomic mass is 19.1. The van der Waals surface area contributed by atoms with Crippen molar-refractivity contribution in [2.75, 3.05) is 25.9 Å². The van der Waals surface area contributed by atoms with Crippen molar-refractivity contribution in [3.8, 4) is 23.0 Å². The Labute approximate surface area is 199 Å². The van der Waals surface area contributed by atoms with Gasteiger partial charge in [0.2, 0.25) is 6.79 Å². The molecule has 178 valence electrons. The molecule has 2 aliphatic rings. The largest absolute Gasteiger partial charge is 0.507 e. The van der Waals surface area contributed by atoms with Crippen LogP contribution in [0, 0.1) is 5.82 Å². The molecule has 2 aliphatic heterocycles. The quantitative estimate of drug-likeness (QED) is 0.334. The van der Waals surface area contributed by atoms with Gasteiger partial charge in [-0.25, -0.2) is 4.39 Å². The molecule has 0 aromatic heterocycles. The number of carbonyl (C=O) groups is 2. The molecule has 5 rings (SSSR count). The second kappa shape index (κ2) is 8.68. The number of amides is 1. The Morgan fingerprint density at radius 1 is 0.943 bits per heavy atom. The van der Waals surface area contributed by atoms with E-state index in [0.717, 1.165) is 12.1 Å². The van der Waals surface area contributed by atoms with E-state index in [1.54, 1.807) is 36.4 Å². The van der Waals surface area contributed by atoms with Crippen molar-refractivity contribution in [1.29, 1.82) is 0 Å². The minimum Gasteiger partial charge on any atom is -0.507 e. The molecule has 2 heterocycles. The van der Waals surface area contributed by atoms with E-state index in [2.05, 4.69) is 0 Å². The zero-order valence-corrected chi connectivity index (χ0v) is 18.8. The van der Waals surface area contributed by atoms with Crippen LogP contribution >= 0.6 is 0 Å². The second-order valence-electron chi connectivity index (χ2n) is 7.83. The highest BCUT2D eigenvalue weighted by Crippen LogP contribution is 2.46. The van der Waals surface area contributed by atoms with Crippen molar-refractivity contribution in [3.63, 3.8) is 0 Å². The van der Waals surface area contributed by atoms with Crippen LogP contribution in [0.5, 0.6) is 23.0 Å². The lowest BCUT2D eigenvalue weighted by atomic mass is 9.94. The first-order valence-corrected chi connectivity index (χ1v) is 10.6. The molecule has 0 bridgehead atoms. The van der Waals surface area contributed by atoms with Crippen molar-refractivity contribution in [2.24, 2.45) is 0 Å². The summed E-state index contributed by atoms with van der Waals surface area (Å²) in [4.78, 5) is 27.9. The molecule has 1 N–H and O–H groups in total. The summed E-state index contributed by atoms with van der Waals surface area (Å²) in [7, 11) is 2.96. The molecule has 0 aliphatic carbocycles. The van der Waals surface area contributed by atoms with Crippen LogP contribution in [-0.2, 0) is 9.59 Å². The summed E-state index contributed by atoms with van der Waals surface area (Å²) in [5.74, 6) is -0.882. The molecule has 3 aromatic rings. The molecule has 0 saturated carbocycles. The van der Waals surface area contributed by atoms with Crippen LogP contribution in [0.1, 0.15) is 17.2 Å². The van der Waals surface area contributed by atoms with Gasteiger partial charge in [0.1, 0.15) is 11.6 Å². The predicted molar refractivity (Wildman–Crippen MR) is 123 cm³/mol. The number of aliphatic hydroxyl groups excluding tert-OH is 1. The van der Waals surface area contributed by atoms with Gasteiger partial charge in [-0.3, -0.25) is 14.5 Å². The minimum atomic E-state index is -1.01. The molecule has 1 fully saturated rings. The van der Waals surface area contributed by atoms with Gasteiger partial charge in [0.15, 0.2) is 23.0 Å². The monoisotopic (exact) mass is 477 g/mol. The first-order chi connectivity index (χ1) is 16.9. The molecule has 0 spiro atoms. The van der Waals surface area contributed by atoms with Gasteiger partial charge >= 0.3 is 0 Å². The van der Waals surface area contributed by atoms with E-state index in [-0.39, 0.29) is 17.9 Å². The van der Waals surface area contributed by atoms with Crippen LogP contribution < -0.4 is 23.8 Å². The highest BCUT2D eigenvalue weighted by molar-refractivity contribution is 6.51. The number of nitrogens with zero attached hydrogens (tertiary/aromatic N) is 1. The summed E-state index contributed by atoms with van der Waals surface area (Å²) in [5, 5.41) is 11.1. The SMILES string of the molecule is COc1ccc(C2/C(=C(\O)c3ccc(F)cc3)C(=O)C(=O)N2c2ccc3c(c2)OCO3)cc1OC. The standard InChI is InChI=1S/C26H20FNO7/c1-32-18-9-5-15(11-20(18)33-2)23-22(24(29)14-3-6-16(27)7-4-14)25(30)26(31)28(23)17-8-10-19-21(12-17)35-13-34-19/h3-12,23,29H,13H2,1-2H3/b24-22+. The van der Waals surface area contributed by atoms with Crippen molar-refractivity contribution in [1.82, 2.24) is 0 Å². The molecule has 1 saturated heterocycles. The third kappa shape index (κ3) is 3.71. The average molecular weight is 477 g/mol. The Morgan fingerprint density at radius 2 is 1.66 bits per heavy atom. The van der Waals surface area contributed by atoms with E-state index in [9.17, 15) is 19.1 Å². The summed E-state index contributed by atoms with van der Waals surface area (Å²) in [6.45, 7) is 0.0429. The number of hydrogen-bond donors (Lipinski definition) is 1. The van der Waals surface area contributed by atoms with Gasteiger partial charge in [-0.1, -0.05) is 6.07 Å². The summed E-state index contributed by atoms with van der Waals surface area (Å²) in [6.07, 6.45) is 0. The Hall–Kier alpha value is -4.53. The zero-order chi connectivity index (χ0) is 24.7. The number of carbonyl (C=O) groups excluding carboxylic acids is 2. The van der Waals surface area contributed by atoms with Gasteiger partial charge in [0.25, 0.3) is 11.7 Å². The zero-order valence-electron chi connectivity index (χ0n) is 18.8. The number of methoxy groups -OCH3 is 2. The number of Topliss-reactive ketones (excluding diaryl/α,β-unsaturated/α-hetero) is 1. The van der Waals surface area contributed by atoms with Crippen molar-refractivity contribution >= 4 is 23.1 Å². The maximum Gasteiger partial charge on any atom is 0.300 e. The number of ether oxygens (including phenoxy) is 4. The number of ketones is 1. The Kier molecular flexibility index (Phi) is 5.52. The molecule has 9 heteroatoms. The third-order valence-electron chi connectivity index (χ3n) is 5.92. The smallest absolute Gasteiger partial charge is 0.300 e. The van der Waals surface area contributed by atoms with Crippen LogP contribution in [0.15, 0.2) is 66.2 Å². The maximum absolute atomic E-state index is 13.5. The van der Waals surface area contributed by atoms with Gasteiger partial charge in [0.05, 0.1) is 25.8 Å². The lowest BCUT2D eigenvalue weighted by molar-refractivity contribution is -0.132. The van der Waals surface area contributed by atoms with E-state index >= 15 is 0 Å². The fourth-order valence-electron chi connectivity index (χ4n) is 4.24. The van der Waals surface area contributed by atoms with Gasteiger partial charge in [-0.2, -0.15) is 0 Å². The lowest BCUT2D eigenvalue weighted by Gasteiger charge is -2.26. The number of rotatable bonds is 5. The summed E-state index contributed by atoms with van der Waals surface area (Å²) < 4.78 is 35.0. The Morgan fingerprint density at radius 3 is 2.37 bits per heavy atom. The molecule has 35 heavy (non-hydrogen) atoms. The fourth-order valence-corrected chi connectivity index (χ4v) is 4.24. The van der Waals surface area contributed by atoms with E-state index < -0.39 is 29.3 Å². The van der Waals surface area contributed by atoms with Crippen LogP contribution in [-0.4, -0.2) is 37.8 Å². The lowest BCUT2D eigenvalue weighted by Crippen LogP contribution is -2.29. The van der Waals surface area contributed by atoms with Crippen LogP contribution in [0.2, 0.25) is 0 Å². The third-order valence-corrected chi connectivity index (χ3v) is 5.92. The molecule has 0 radical (unpaired) electrons. The van der Waals surface area contributed by atoms with Crippen LogP contribution in [0.25, 0.3) is 5.76 Å². The van der Waals surface area contributed by atoms with Crippen molar-refractivity contribution in [2.45, 2.75) is 6.04 Å². The topological polar surface area (TPSA) is 94.5 Å². The molecule has 8 nitrogen and oxygen atoms in total. The van der Waals surface area contributed by atoms with Gasteiger partial charge in [0, 0.05) is 17.3 Å². The molecule has 3 aromatic carbocycles. The highest BCUT2D eigenvalue weighted by Gasteiger charge is 2.47. The van der Waals surface area contributed by atoms with Gasteiger partial charge in [-0.15, -0.1) is 0 Å². The van der Waals surface area contributed by atoms with Gasteiger partial charge < -0.3 is 24.1 Å². The predicted octanol–water partition coefficient (Wildman–Crippen LogP) is 4.20. The van der Waals surface area contributed by atoms with Crippen LogP contribution in [0.4, 0.5) is 10.1 Å². The minimum absolute atomic E-state index is 0.0429. The number of hydrogen-bond acceptors (Lipinski definition) is 7. The Bertz CT molecular complexity index is 1370. The first kappa shape index (κ1) is 22.3. The first-order valence-electron chi connectivity index (χ1n) is 10.6. The number of benzene rings is 3. The maximum atomic E-state index is 13.5. The number of fused-ring (bicyclic) bond motifs is 1. The molecular formula is C26H20FNO7. The fraction of sp³-hybridized carbons (Fsp3) is 0.154. The van der Waals surface area contributed by atoms with Crippen LogP contribution in [0.3, 0.4) is 0 Å². The van der Waals surface area contributed by atoms with E-state index in [4.69, 9.17) is 18.9 Å². The normalized spacial score (nSPS) is 18.1. The molecule has 1 unspecified atom stereocenters. The molecule has 1 amide bonds. The van der Waals surface area contributed by atoms with Crippen molar-refractivity contribution in [3.05, 3.63) is 83.2 Å². The molecular weight excluding hydrogens is 457 g/mol. The van der Waals surface area contributed by atoms with Gasteiger partial charge in [-0.05, 0) is 54.1 Å². The van der Waals surface area contributed by atoms with Crippen molar-refractivity contribution < 1.29 is 38.0 Å². The summed E-state index contributed by atoms with van der Waals surface area (Å²) in [6, 6.07) is 13.8. The summed E-state index contributed by atoms with van der Waals surface area (Å²) in [5.41, 5.74) is 0.907. The number of anilines is 1. The summed E-state index contributed by atoms with van der Waals surface area (Å²) >= 11 is 0. The average Bonchev–Trinajstić information content (AvgIpc) is 3.45.